The van der Waals surface area contributed by atoms with Crippen LogP contribution in [0.3, 0.4) is 0 Å². The van der Waals surface area contributed by atoms with Crippen molar-refractivity contribution in [2.24, 2.45) is 0 Å². The molecule has 18 heteroatoms. The Morgan fingerprint density at radius 3 is 1.62 bits per heavy atom. The first-order valence-corrected chi connectivity index (χ1v) is 9.50. The fraction of sp³-hybridized carbons (Fsp3) is 0.833. The van der Waals surface area contributed by atoms with Gasteiger partial charge in [0, 0.05) is 0 Å². The number of carboxylic acids is 1. The van der Waals surface area contributed by atoms with Crippen molar-refractivity contribution in [3.8, 4) is 0 Å². The first kappa shape index (κ1) is 21.1. The Kier molecular flexibility index (Phi) is 6.25. The minimum Gasteiger partial charge on any atom is -0.479 e. The van der Waals surface area contributed by atoms with Gasteiger partial charge in [0.1, 0.15) is 18.3 Å². The molecule has 142 valence electrons. The minimum atomic E-state index is -5.41. The van der Waals surface area contributed by atoms with Crippen molar-refractivity contribution in [2.75, 3.05) is 6.61 Å². The third kappa shape index (κ3) is 6.88. The molecule has 24 heavy (non-hydrogen) atoms. The van der Waals surface area contributed by atoms with Gasteiger partial charge >= 0.3 is 37.2 Å². The standard InChI is InChI=1S/C6H10O15S3/c7-6(8)5-4(21-24(15,16)17)3(20-23(12,13)14)2(1-18-5)19-22(9,10)11/h2-5H,1H2,(H,7,8)(H,9,10,11)(H,12,13,14)(H,15,16,17). The third-order valence-corrected chi connectivity index (χ3v) is 3.80. The molecule has 15 nitrogen and oxygen atoms in total. The van der Waals surface area contributed by atoms with Crippen LogP contribution in [-0.4, -0.2) is 81.0 Å². The highest BCUT2D eigenvalue weighted by atomic mass is 32.3. The van der Waals surface area contributed by atoms with Crippen molar-refractivity contribution in [3.05, 3.63) is 0 Å². The van der Waals surface area contributed by atoms with Gasteiger partial charge in [0.15, 0.2) is 6.10 Å². The molecule has 1 aliphatic heterocycles. The fourth-order valence-corrected chi connectivity index (χ4v) is 3.21. The van der Waals surface area contributed by atoms with E-state index in [1.165, 1.54) is 0 Å². The van der Waals surface area contributed by atoms with Crippen LogP contribution in [0.25, 0.3) is 0 Å². The second-order valence-corrected chi connectivity index (χ2v) is 7.28. The molecule has 1 rings (SSSR count). The van der Waals surface area contributed by atoms with E-state index in [9.17, 15) is 30.0 Å². The summed E-state index contributed by atoms with van der Waals surface area (Å²) in [6.45, 7) is -1.04. The number of ether oxygens (including phenoxy) is 1. The van der Waals surface area contributed by atoms with Crippen molar-refractivity contribution in [3.63, 3.8) is 0 Å². The van der Waals surface area contributed by atoms with Gasteiger partial charge in [-0.2, -0.15) is 25.3 Å². The van der Waals surface area contributed by atoms with Crippen LogP contribution >= 0.6 is 0 Å². The zero-order valence-corrected chi connectivity index (χ0v) is 13.5. The van der Waals surface area contributed by atoms with Crippen LogP contribution in [0.1, 0.15) is 0 Å². The highest BCUT2D eigenvalue weighted by molar-refractivity contribution is 7.81. The predicted molar refractivity (Wildman–Crippen MR) is 66.6 cm³/mol. The molecule has 0 aliphatic carbocycles. The van der Waals surface area contributed by atoms with E-state index < -0.39 is 68.2 Å². The van der Waals surface area contributed by atoms with Crippen LogP contribution in [0, 0.1) is 0 Å². The fourth-order valence-electron chi connectivity index (χ4n) is 1.73. The summed E-state index contributed by atoms with van der Waals surface area (Å²) in [6, 6.07) is 0. The summed E-state index contributed by atoms with van der Waals surface area (Å²) in [7, 11) is -16.1. The van der Waals surface area contributed by atoms with E-state index in [1.54, 1.807) is 0 Å². The van der Waals surface area contributed by atoms with Crippen LogP contribution in [0.15, 0.2) is 0 Å². The van der Waals surface area contributed by atoms with Crippen LogP contribution in [0.2, 0.25) is 0 Å². The highest BCUT2D eigenvalue weighted by Crippen LogP contribution is 2.27. The lowest BCUT2D eigenvalue weighted by molar-refractivity contribution is -0.188. The number of hydrogen-bond acceptors (Lipinski definition) is 11. The summed E-state index contributed by atoms with van der Waals surface area (Å²) < 4.78 is 107. The molecular formula is C6H10O15S3. The van der Waals surface area contributed by atoms with Crippen molar-refractivity contribution < 1.29 is 66.1 Å². The molecule has 0 spiro atoms. The molecule has 0 saturated carbocycles. The second-order valence-electron chi connectivity index (χ2n) is 4.13. The first-order valence-electron chi connectivity index (χ1n) is 5.40. The van der Waals surface area contributed by atoms with Gasteiger partial charge in [-0.15, -0.1) is 0 Å². The molecular weight excluding hydrogens is 408 g/mol. The SMILES string of the molecule is O=C(O)C1OCC(OS(=O)(=O)O)C(OS(=O)(=O)O)C1OS(=O)(=O)O. The molecule has 1 aliphatic rings. The number of carboxylic acid groups (broad SMARTS) is 1. The molecule has 0 amide bonds. The van der Waals surface area contributed by atoms with Crippen LogP contribution in [-0.2, 0) is 53.3 Å². The minimum absolute atomic E-state index is 1.04. The molecule has 1 heterocycles. The van der Waals surface area contributed by atoms with E-state index in [4.69, 9.17) is 18.8 Å². The molecule has 0 aromatic heterocycles. The highest BCUT2D eigenvalue weighted by Gasteiger charge is 2.51. The summed E-state index contributed by atoms with van der Waals surface area (Å²) >= 11 is 0. The lowest BCUT2D eigenvalue weighted by Gasteiger charge is -2.37. The monoisotopic (exact) mass is 418 g/mol. The van der Waals surface area contributed by atoms with Gasteiger partial charge in [-0.3, -0.25) is 13.7 Å². The maximum Gasteiger partial charge on any atom is 0.397 e. The zero-order valence-electron chi connectivity index (χ0n) is 11.0. The van der Waals surface area contributed by atoms with Gasteiger partial charge in [0.05, 0.1) is 6.61 Å². The Labute approximate surface area is 134 Å². The van der Waals surface area contributed by atoms with Crippen molar-refractivity contribution in [1.82, 2.24) is 0 Å². The smallest absolute Gasteiger partial charge is 0.397 e. The molecule has 1 saturated heterocycles. The van der Waals surface area contributed by atoms with Gasteiger partial charge in [-0.1, -0.05) is 0 Å². The van der Waals surface area contributed by atoms with Gasteiger partial charge in [0.25, 0.3) is 0 Å². The van der Waals surface area contributed by atoms with Crippen LogP contribution in [0.4, 0.5) is 0 Å². The average molecular weight is 418 g/mol. The van der Waals surface area contributed by atoms with Gasteiger partial charge in [-0.25, -0.2) is 17.3 Å². The normalized spacial score (nSPS) is 29.3. The average Bonchev–Trinajstić information content (AvgIpc) is 2.27. The molecule has 0 radical (unpaired) electrons. The van der Waals surface area contributed by atoms with E-state index in [-0.39, 0.29) is 0 Å². The topological polar surface area (TPSA) is 237 Å². The van der Waals surface area contributed by atoms with E-state index in [0.717, 1.165) is 0 Å². The Morgan fingerprint density at radius 2 is 1.25 bits per heavy atom. The summed E-state index contributed by atoms with van der Waals surface area (Å²) in [4.78, 5) is 11.0. The first-order chi connectivity index (χ1) is 10.6. The molecule has 4 atom stereocenters. The van der Waals surface area contributed by atoms with Crippen LogP contribution < -0.4 is 0 Å². The quantitative estimate of drug-likeness (QED) is 0.302. The van der Waals surface area contributed by atoms with E-state index in [1.807, 2.05) is 0 Å². The predicted octanol–water partition coefficient (Wildman–Crippen LogP) is -2.97. The van der Waals surface area contributed by atoms with Crippen LogP contribution in [0.5, 0.6) is 0 Å². The Bertz CT molecular complexity index is 777. The Morgan fingerprint density at radius 1 is 0.833 bits per heavy atom. The van der Waals surface area contributed by atoms with Gasteiger partial charge in [-0.05, 0) is 0 Å². The summed E-state index contributed by atoms with van der Waals surface area (Å²) in [5.74, 6) is -1.92. The molecule has 0 bridgehead atoms. The maximum atomic E-state index is 11.0. The third-order valence-electron chi connectivity index (χ3n) is 2.38. The summed E-state index contributed by atoms with van der Waals surface area (Å²) in [5.41, 5.74) is 0. The van der Waals surface area contributed by atoms with Gasteiger partial charge in [0.2, 0.25) is 0 Å². The summed E-state index contributed by atoms with van der Waals surface area (Å²) in [6.07, 6.45) is -9.41. The van der Waals surface area contributed by atoms with Crippen molar-refractivity contribution in [1.29, 1.82) is 0 Å². The summed E-state index contributed by atoms with van der Waals surface area (Å²) in [5, 5.41) is 8.88. The Hall–Kier alpha value is -0.960. The zero-order chi connectivity index (χ0) is 18.9. The Balaban J connectivity index is 3.33. The number of carbonyl (C=O) groups is 1. The van der Waals surface area contributed by atoms with Crippen molar-refractivity contribution in [2.45, 2.75) is 24.4 Å². The van der Waals surface area contributed by atoms with E-state index in [0.29, 0.717) is 0 Å². The molecule has 0 aromatic carbocycles. The van der Waals surface area contributed by atoms with Crippen molar-refractivity contribution >= 4 is 37.2 Å². The largest absolute Gasteiger partial charge is 0.479 e. The number of aliphatic carboxylic acids is 1. The second kappa shape index (κ2) is 7.11. The van der Waals surface area contributed by atoms with E-state index in [2.05, 4.69) is 17.3 Å². The molecule has 0 aromatic rings. The van der Waals surface area contributed by atoms with E-state index >= 15 is 0 Å². The number of rotatable bonds is 7. The lowest BCUT2D eigenvalue weighted by atomic mass is 10.0. The molecule has 1 fully saturated rings. The molecule has 4 unspecified atom stereocenters. The maximum absolute atomic E-state index is 11.0. The number of hydrogen-bond donors (Lipinski definition) is 4. The lowest BCUT2D eigenvalue weighted by Crippen LogP contribution is -2.59. The molecule has 4 N–H and O–H groups in total. The van der Waals surface area contributed by atoms with Gasteiger partial charge < -0.3 is 9.84 Å².